The number of aryl methyl sites for hydroxylation is 1. The van der Waals surface area contributed by atoms with Crippen LogP contribution in [0.25, 0.3) is 0 Å². The molecule has 0 spiro atoms. The third-order valence-corrected chi connectivity index (χ3v) is 5.09. The number of rotatable bonds is 8. The third kappa shape index (κ3) is 5.16. The van der Waals surface area contributed by atoms with Crippen LogP contribution in [0.1, 0.15) is 52.5 Å². The van der Waals surface area contributed by atoms with Crippen molar-refractivity contribution in [3.63, 3.8) is 0 Å². The highest BCUT2D eigenvalue weighted by atomic mass is 16.3. The first-order valence-corrected chi connectivity index (χ1v) is 10.0. The van der Waals surface area contributed by atoms with Crippen molar-refractivity contribution >= 4 is 11.6 Å². The number of carbonyl (C=O) groups excluding carboxylic acids is 2. The molecule has 1 atom stereocenters. The summed E-state index contributed by atoms with van der Waals surface area (Å²) in [4.78, 5) is 26.0. The van der Waals surface area contributed by atoms with E-state index in [9.17, 15) is 24.9 Å². The van der Waals surface area contributed by atoms with E-state index in [2.05, 4.69) is 0 Å². The number of aliphatic hydroxyl groups excluding tert-OH is 2. The van der Waals surface area contributed by atoms with Crippen molar-refractivity contribution in [2.45, 2.75) is 59.0 Å². The smallest absolute Gasteiger partial charge is 0.209 e. The van der Waals surface area contributed by atoms with Gasteiger partial charge in [0.25, 0.3) is 0 Å². The van der Waals surface area contributed by atoms with Crippen LogP contribution in [-0.4, -0.2) is 32.5 Å². The largest absolute Gasteiger partial charge is 0.508 e. The Bertz CT molecular complexity index is 939. The Hall–Kier alpha value is -2.92. The number of hydrogen-bond donors (Lipinski definition) is 3. The normalized spacial score (nSPS) is 19.0. The fraction of sp³-hybridized carbons (Fsp3) is 0.360. The van der Waals surface area contributed by atoms with E-state index in [1.165, 1.54) is 0 Å². The lowest BCUT2D eigenvalue weighted by Crippen LogP contribution is -2.46. The minimum Gasteiger partial charge on any atom is -0.508 e. The van der Waals surface area contributed by atoms with Gasteiger partial charge in [-0.1, -0.05) is 53.6 Å². The summed E-state index contributed by atoms with van der Waals surface area (Å²) in [6.07, 6.45) is 3.70. The average molecular weight is 411 g/mol. The molecule has 1 aromatic carbocycles. The number of carbonyl (C=O) groups is 2. The standard InChI is InChI=1S/C25H30O5/c1-16(2)10-12-19-22(27)21(20(26)13-11-18-8-6-5-7-9-18)24(29)25(30,23(19)28)15-14-17(3)4/h5-10,14,27-28,30H,11-13,15H2,1-4H3. The molecular weight excluding hydrogens is 380 g/mol. The van der Waals surface area contributed by atoms with Gasteiger partial charge in [0.15, 0.2) is 11.4 Å². The molecule has 3 N–H and O–H groups in total. The molecular formula is C25H30O5. The van der Waals surface area contributed by atoms with Crippen LogP contribution in [0.2, 0.25) is 0 Å². The molecule has 0 radical (unpaired) electrons. The van der Waals surface area contributed by atoms with Crippen molar-refractivity contribution < 1.29 is 24.9 Å². The highest BCUT2D eigenvalue weighted by Crippen LogP contribution is 2.38. The molecule has 30 heavy (non-hydrogen) atoms. The Kier molecular flexibility index (Phi) is 7.57. The topological polar surface area (TPSA) is 94.8 Å². The summed E-state index contributed by atoms with van der Waals surface area (Å²) in [5.41, 5.74) is 0.00750. The summed E-state index contributed by atoms with van der Waals surface area (Å²) < 4.78 is 0. The van der Waals surface area contributed by atoms with Gasteiger partial charge in [0.2, 0.25) is 5.78 Å². The quantitative estimate of drug-likeness (QED) is 0.421. The monoisotopic (exact) mass is 410 g/mol. The highest BCUT2D eigenvalue weighted by molar-refractivity contribution is 6.25. The number of aliphatic hydroxyl groups is 3. The lowest BCUT2D eigenvalue weighted by molar-refractivity contribution is -0.135. The molecule has 5 nitrogen and oxygen atoms in total. The molecule has 160 valence electrons. The van der Waals surface area contributed by atoms with Gasteiger partial charge in [-0.3, -0.25) is 9.59 Å². The SMILES string of the molecule is CC(C)=CCC1=C(O)C(O)(CC=C(C)C)C(=O)C(C(=O)CCc2ccccc2)=C1O. The molecule has 0 saturated carbocycles. The van der Waals surface area contributed by atoms with Crippen molar-refractivity contribution in [2.24, 2.45) is 0 Å². The van der Waals surface area contributed by atoms with E-state index in [0.29, 0.717) is 6.42 Å². The fourth-order valence-electron chi connectivity index (χ4n) is 3.26. The van der Waals surface area contributed by atoms with Crippen LogP contribution >= 0.6 is 0 Å². The maximum Gasteiger partial charge on any atom is 0.209 e. The molecule has 5 heteroatoms. The van der Waals surface area contributed by atoms with E-state index in [0.717, 1.165) is 16.7 Å². The Morgan fingerprint density at radius 2 is 1.60 bits per heavy atom. The molecule has 0 aromatic heterocycles. The number of allylic oxidation sites excluding steroid dienone is 4. The van der Waals surface area contributed by atoms with Crippen molar-refractivity contribution in [3.8, 4) is 0 Å². The minimum absolute atomic E-state index is 0.00326. The van der Waals surface area contributed by atoms with E-state index >= 15 is 0 Å². The first-order chi connectivity index (χ1) is 14.1. The fourth-order valence-corrected chi connectivity index (χ4v) is 3.26. The van der Waals surface area contributed by atoms with Crippen LogP contribution in [-0.2, 0) is 16.0 Å². The number of ketones is 2. The average Bonchev–Trinajstić information content (AvgIpc) is 2.70. The van der Waals surface area contributed by atoms with Gasteiger partial charge in [-0.15, -0.1) is 0 Å². The van der Waals surface area contributed by atoms with Crippen LogP contribution in [0.3, 0.4) is 0 Å². The maximum atomic E-state index is 13.1. The summed E-state index contributed by atoms with van der Waals surface area (Å²) in [7, 11) is 0. The van der Waals surface area contributed by atoms with Crippen LogP contribution in [0.15, 0.2) is 76.3 Å². The first-order valence-electron chi connectivity index (χ1n) is 10.0. The molecule has 0 fully saturated rings. The summed E-state index contributed by atoms with van der Waals surface area (Å²) in [5.74, 6) is -2.66. The van der Waals surface area contributed by atoms with Crippen LogP contribution in [0.4, 0.5) is 0 Å². The summed E-state index contributed by atoms with van der Waals surface area (Å²) in [5, 5.41) is 32.5. The van der Waals surface area contributed by atoms with Gasteiger partial charge in [0.05, 0.1) is 0 Å². The molecule has 1 aliphatic carbocycles. The molecule has 1 aliphatic rings. The summed E-state index contributed by atoms with van der Waals surface area (Å²) in [6.45, 7) is 7.32. The number of benzene rings is 1. The minimum atomic E-state index is -2.27. The Balaban J connectivity index is 2.47. The van der Waals surface area contributed by atoms with E-state index in [1.54, 1.807) is 26.0 Å². The zero-order valence-electron chi connectivity index (χ0n) is 18.0. The Labute approximate surface area is 177 Å². The molecule has 1 aromatic rings. The van der Waals surface area contributed by atoms with E-state index < -0.39 is 34.3 Å². The number of Topliss-reactive ketones (excluding diaryl/α,β-unsaturated/α-hetero) is 2. The molecule has 1 unspecified atom stereocenters. The van der Waals surface area contributed by atoms with Crippen molar-refractivity contribution in [2.75, 3.05) is 0 Å². The van der Waals surface area contributed by atoms with Gasteiger partial charge < -0.3 is 15.3 Å². The van der Waals surface area contributed by atoms with Crippen molar-refractivity contribution in [3.05, 3.63) is 81.9 Å². The lowest BCUT2D eigenvalue weighted by atomic mass is 9.77. The molecule has 0 aliphatic heterocycles. The maximum absolute atomic E-state index is 13.1. The van der Waals surface area contributed by atoms with E-state index in [1.807, 2.05) is 44.2 Å². The highest BCUT2D eigenvalue weighted by Gasteiger charge is 2.49. The van der Waals surface area contributed by atoms with Gasteiger partial charge in [-0.05, 0) is 46.1 Å². The van der Waals surface area contributed by atoms with Crippen LogP contribution in [0.5, 0.6) is 0 Å². The van der Waals surface area contributed by atoms with Crippen LogP contribution < -0.4 is 0 Å². The zero-order valence-corrected chi connectivity index (χ0v) is 18.0. The van der Waals surface area contributed by atoms with Crippen molar-refractivity contribution in [1.29, 1.82) is 0 Å². The van der Waals surface area contributed by atoms with Gasteiger partial charge in [0.1, 0.15) is 17.1 Å². The second-order valence-corrected chi connectivity index (χ2v) is 8.12. The van der Waals surface area contributed by atoms with E-state index in [4.69, 9.17) is 0 Å². The van der Waals surface area contributed by atoms with Crippen LogP contribution in [0, 0.1) is 0 Å². The summed E-state index contributed by atoms with van der Waals surface area (Å²) in [6, 6.07) is 9.34. The van der Waals surface area contributed by atoms with Gasteiger partial charge in [-0.2, -0.15) is 0 Å². The molecule has 0 saturated heterocycles. The number of hydrogen-bond acceptors (Lipinski definition) is 5. The van der Waals surface area contributed by atoms with Crippen molar-refractivity contribution in [1.82, 2.24) is 0 Å². The summed E-state index contributed by atoms with van der Waals surface area (Å²) >= 11 is 0. The second-order valence-electron chi connectivity index (χ2n) is 8.12. The predicted molar refractivity (Wildman–Crippen MR) is 117 cm³/mol. The Morgan fingerprint density at radius 3 is 2.17 bits per heavy atom. The van der Waals surface area contributed by atoms with E-state index in [-0.39, 0.29) is 24.8 Å². The first kappa shape index (κ1) is 23.4. The van der Waals surface area contributed by atoms with Gasteiger partial charge >= 0.3 is 0 Å². The predicted octanol–water partition coefficient (Wildman–Crippen LogP) is 4.84. The lowest BCUT2D eigenvalue weighted by Gasteiger charge is -2.32. The third-order valence-electron chi connectivity index (χ3n) is 5.09. The second kappa shape index (κ2) is 9.72. The van der Waals surface area contributed by atoms with Gasteiger partial charge in [0, 0.05) is 18.4 Å². The Morgan fingerprint density at radius 1 is 1.00 bits per heavy atom. The molecule has 0 heterocycles. The molecule has 0 amide bonds. The molecule has 0 bridgehead atoms. The zero-order chi connectivity index (χ0) is 22.5. The molecule has 2 rings (SSSR count). The van der Waals surface area contributed by atoms with Gasteiger partial charge in [-0.25, -0.2) is 0 Å².